The molecule has 4 unspecified atom stereocenters. The summed E-state index contributed by atoms with van der Waals surface area (Å²) in [5, 5.41) is 25.5. The average Bonchev–Trinajstić information content (AvgIpc) is 3.50. The lowest BCUT2D eigenvalue weighted by Gasteiger charge is -2.42. The highest BCUT2D eigenvalue weighted by Gasteiger charge is 2.55. The molecule has 2 heterocycles. The number of nitrogens with zero attached hydrogens (tertiary/aromatic N) is 3. The Morgan fingerprint density at radius 2 is 2.20 bits per heavy atom. The molecule has 158 valence electrons. The van der Waals surface area contributed by atoms with Crippen molar-refractivity contribution in [3.63, 3.8) is 0 Å². The Bertz CT molecular complexity index is 966. The third kappa shape index (κ3) is 3.48. The van der Waals surface area contributed by atoms with Crippen LogP contribution in [0.1, 0.15) is 44.4 Å². The van der Waals surface area contributed by atoms with E-state index in [0.717, 1.165) is 5.01 Å². The van der Waals surface area contributed by atoms with Crippen LogP contribution >= 0.6 is 0 Å². The molecule has 30 heavy (non-hydrogen) atoms. The molecule has 9 heteroatoms. The molecule has 1 aliphatic carbocycles. The first kappa shape index (κ1) is 20.2. The summed E-state index contributed by atoms with van der Waals surface area (Å²) in [6.07, 6.45) is -1.31. The zero-order valence-electron chi connectivity index (χ0n) is 17.0. The van der Waals surface area contributed by atoms with Gasteiger partial charge in [0.15, 0.2) is 6.10 Å². The van der Waals surface area contributed by atoms with Crippen LogP contribution < -0.4 is 4.74 Å². The monoisotopic (exact) mass is 413 g/mol. The van der Waals surface area contributed by atoms with Gasteiger partial charge in [0.2, 0.25) is 11.8 Å². The molecule has 4 atom stereocenters. The molecular weight excluding hydrogens is 390 g/mol. The van der Waals surface area contributed by atoms with E-state index in [0.29, 0.717) is 29.2 Å². The summed E-state index contributed by atoms with van der Waals surface area (Å²) in [5.41, 5.74) is 0.00577. The van der Waals surface area contributed by atoms with Crippen LogP contribution in [0.15, 0.2) is 23.3 Å². The minimum Gasteiger partial charge on any atom is -0.485 e. The molecule has 0 spiro atoms. The number of nitriles is 1. The number of aliphatic hydroxyl groups excluding tert-OH is 1. The van der Waals surface area contributed by atoms with Gasteiger partial charge in [0.05, 0.1) is 24.2 Å². The molecule has 4 rings (SSSR count). The fourth-order valence-electron chi connectivity index (χ4n) is 3.80. The molecular formula is C21H23N3O6. The Labute approximate surface area is 173 Å². The van der Waals surface area contributed by atoms with Gasteiger partial charge in [0, 0.05) is 11.5 Å². The predicted molar refractivity (Wildman–Crippen MR) is 103 cm³/mol. The average molecular weight is 413 g/mol. The summed E-state index contributed by atoms with van der Waals surface area (Å²) in [4.78, 5) is 24.3. The van der Waals surface area contributed by atoms with Crippen molar-refractivity contribution in [2.45, 2.75) is 45.0 Å². The third-order valence-electron chi connectivity index (χ3n) is 5.55. The van der Waals surface area contributed by atoms with E-state index in [4.69, 9.17) is 14.2 Å². The van der Waals surface area contributed by atoms with Gasteiger partial charge in [-0.25, -0.2) is 5.01 Å². The second kappa shape index (κ2) is 7.29. The lowest BCUT2D eigenvalue weighted by molar-refractivity contribution is -0.150. The maximum atomic E-state index is 12.4. The van der Waals surface area contributed by atoms with E-state index >= 15 is 0 Å². The van der Waals surface area contributed by atoms with Crippen LogP contribution in [0.4, 0.5) is 0 Å². The highest BCUT2D eigenvalue weighted by Crippen LogP contribution is 2.48. The van der Waals surface area contributed by atoms with E-state index in [-0.39, 0.29) is 30.9 Å². The largest absolute Gasteiger partial charge is 0.485 e. The normalized spacial score (nSPS) is 28.3. The van der Waals surface area contributed by atoms with Gasteiger partial charge < -0.3 is 19.3 Å². The van der Waals surface area contributed by atoms with Gasteiger partial charge in [-0.1, -0.05) is 0 Å². The smallest absolute Gasteiger partial charge is 0.327 e. The van der Waals surface area contributed by atoms with Gasteiger partial charge in [-0.05, 0) is 45.4 Å². The number of esters is 1. The van der Waals surface area contributed by atoms with Crippen molar-refractivity contribution in [2.24, 2.45) is 16.9 Å². The summed E-state index contributed by atoms with van der Waals surface area (Å²) in [5.74, 6) is -0.459. The fourth-order valence-corrected chi connectivity index (χ4v) is 3.80. The number of hydrogen-bond acceptors (Lipinski definition) is 8. The van der Waals surface area contributed by atoms with E-state index in [2.05, 4.69) is 11.2 Å². The molecule has 1 fully saturated rings. The van der Waals surface area contributed by atoms with Gasteiger partial charge in [0.1, 0.15) is 24.0 Å². The van der Waals surface area contributed by atoms with Gasteiger partial charge in [0.25, 0.3) is 0 Å². The summed E-state index contributed by atoms with van der Waals surface area (Å²) in [6.45, 7) is 5.09. The first-order valence-corrected chi connectivity index (χ1v) is 9.88. The number of carbonyl (C=O) groups is 2. The second-order valence-electron chi connectivity index (χ2n) is 8.14. The number of hydrogen-bond donors (Lipinski definition) is 1. The highest BCUT2D eigenvalue weighted by molar-refractivity contribution is 5.97. The van der Waals surface area contributed by atoms with Gasteiger partial charge >= 0.3 is 5.97 Å². The number of aliphatic hydroxyl groups is 1. The molecule has 9 nitrogen and oxygen atoms in total. The Balaban J connectivity index is 1.65. The summed E-state index contributed by atoms with van der Waals surface area (Å²) >= 11 is 0. The Kier molecular flexibility index (Phi) is 4.90. The van der Waals surface area contributed by atoms with Gasteiger partial charge in [-0.3, -0.25) is 9.59 Å². The Morgan fingerprint density at radius 1 is 1.43 bits per heavy atom. The van der Waals surface area contributed by atoms with Crippen LogP contribution in [-0.4, -0.2) is 52.7 Å². The molecule has 0 aromatic heterocycles. The number of benzene rings is 1. The fraction of sp³-hybridized carbons (Fsp3) is 0.524. The van der Waals surface area contributed by atoms with E-state index in [1.54, 1.807) is 39.0 Å². The number of carbonyl (C=O) groups excluding carboxylic acids is 2. The third-order valence-corrected chi connectivity index (χ3v) is 5.55. The standard InChI is InChI=1S/C21H23N3O6/c1-4-28-16(25)10-24-20(27)13-8-12(13)19(23-24)29-17-14-7-11(9-22)5-6-15(14)30-21(2,3)18(17)26/h5-7,12-13,17-18,26H,4,8,10H2,1-3H3. The number of rotatable bonds is 4. The quantitative estimate of drug-likeness (QED) is 0.743. The van der Waals surface area contributed by atoms with Crippen molar-refractivity contribution in [3.8, 4) is 11.8 Å². The van der Waals surface area contributed by atoms with Crippen molar-refractivity contribution in [3.05, 3.63) is 29.3 Å². The molecule has 1 amide bonds. The lowest BCUT2D eigenvalue weighted by atomic mass is 9.87. The highest BCUT2D eigenvalue weighted by atomic mass is 16.6. The van der Waals surface area contributed by atoms with Crippen molar-refractivity contribution in [1.29, 1.82) is 5.26 Å². The minimum atomic E-state index is -1.05. The molecule has 0 saturated heterocycles. The van der Waals surface area contributed by atoms with Gasteiger partial charge in [-0.15, -0.1) is 5.10 Å². The molecule has 2 aliphatic heterocycles. The zero-order valence-corrected chi connectivity index (χ0v) is 17.0. The lowest BCUT2D eigenvalue weighted by Crippen LogP contribution is -2.50. The van der Waals surface area contributed by atoms with E-state index in [9.17, 15) is 20.0 Å². The SMILES string of the molecule is CCOC(=O)CN1N=C(OC2c3cc(C#N)ccc3OC(C)(C)C2O)C2CC2C1=O. The summed E-state index contributed by atoms with van der Waals surface area (Å²) in [6, 6.07) is 7.01. The van der Waals surface area contributed by atoms with E-state index < -0.39 is 23.8 Å². The maximum absolute atomic E-state index is 12.4. The molecule has 1 N–H and O–H groups in total. The van der Waals surface area contributed by atoms with Crippen molar-refractivity contribution in [1.82, 2.24) is 5.01 Å². The van der Waals surface area contributed by atoms with Crippen LogP contribution in [0.3, 0.4) is 0 Å². The van der Waals surface area contributed by atoms with Crippen LogP contribution in [0.2, 0.25) is 0 Å². The molecule has 1 aromatic rings. The van der Waals surface area contributed by atoms with Crippen LogP contribution in [-0.2, 0) is 19.1 Å². The number of ether oxygens (including phenoxy) is 3. The van der Waals surface area contributed by atoms with Crippen LogP contribution in [0.25, 0.3) is 0 Å². The zero-order chi connectivity index (χ0) is 21.6. The van der Waals surface area contributed by atoms with Gasteiger partial charge in [-0.2, -0.15) is 5.26 Å². The number of hydrazone groups is 1. The minimum absolute atomic E-state index is 0.184. The van der Waals surface area contributed by atoms with E-state index in [1.807, 2.05) is 0 Å². The topological polar surface area (TPSA) is 121 Å². The molecule has 1 aromatic carbocycles. The van der Waals surface area contributed by atoms with Crippen LogP contribution in [0.5, 0.6) is 5.75 Å². The molecule has 1 saturated carbocycles. The maximum Gasteiger partial charge on any atom is 0.327 e. The first-order valence-electron chi connectivity index (χ1n) is 9.88. The predicted octanol–water partition coefficient (Wildman–Crippen LogP) is 1.50. The second-order valence-corrected chi connectivity index (χ2v) is 8.14. The van der Waals surface area contributed by atoms with Crippen molar-refractivity contribution >= 4 is 17.8 Å². The Hall–Kier alpha value is -3.12. The van der Waals surface area contributed by atoms with Crippen LogP contribution in [0, 0.1) is 23.2 Å². The van der Waals surface area contributed by atoms with Crippen molar-refractivity contribution < 1.29 is 28.9 Å². The number of fused-ring (bicyclic) bond motifs is 2. The first-order chi connectivity index (χ1) is 14.2. The molecule has 0 bridgehead atoms. The molecule has 0 radical (unpaired) electrons. The summed E-state index contributed by atoms with van der Waals surface area (Å²) in [7, 11) is 0. The van der Waals surface area contributed by atoms with Crippen molar-refractivity contribution in [2.75, 3.05) is 13.2 Å². The summed E-state index contributed by atoms with van der Waals surface area (Å²) < 4.78 is 17.0. The Morgan fingerprint density at radius 3 is 2.90 bits per heavy atom. The molecule has 3 aliphatic rings. The van der Waals surface area contributed by atoms with E-state index in [1.165, 1.54) is 0 Å². The number of amides is 1.